The first kappa shape index (κ1) is 14.1. The molecule has 0 spiro atoms. The lowest BCUT2D eigenvalue weighted by Gasteiger charge is -2.04. The van der Waals surface area contributed by atoms with Crippen molar-refractivity contribution < 1.29 is 9.15 Å². The van der Waals surface area contributed by atoms with Crippen molar-refractivity contribution in [2.24, 2.45) is 0 Å². The van der Waals surface area contributed by atoms with Crippen molar-refractivity contribution in [1.82, 2.24) is 5.32 Å². The zero-order chi connectivity index (χ0) is 13.5. The third kappa shape index (κ3) is 3.83. The number of ether oxygens (including phenoxy) is 1. The highest BCUT2D eigenvalue weighted by Crippen LogP contribution is 2.29. The third-order valence-corrected chi connectivity index (χ3v) is 3.15. The summed E-state index contributed by atoms with van der Waals surface area (Å²) in [6.45, 7) is 6.52. The molecule has 0 aliphatic rings. The molecule has 0 saturated heterocycles. The third-order valence-electron chi connectivity index (χ3n) is 2.84. The van der Waals surface area contributed by atoms with Crippen LogP contribution in [-0.2, 0) is 11.3 Å². The maximum Gasteiger partial charge on any atom is 0.199 e. The molecule has 0 bridgehead atoms. The summed E-state index contributed by atoms with van der Waals surface area (Å²) in [5.74, 6) is 0. The molecule has 0 aliphatic carbocycles. The number of benzene rings is 1. The van der Waals surface area contributed by atoms with Gasteiger partial charge in [-0.1, -0.05) is 24.3 Å². The fourth-order valence-electron chi connectivity index (χ4n) is 1.86. The van der Waals surface area contributed by atoms with Crippen LogP contribution in [0.3, 0.4) is 0 Å². The second-order valence-corrected chi connectivity index (χ2v) is 4.56. The van der Waals surface area contributed by atoms with Gasteiger partial charge in [-0.05, 0) is 24.1 Å². The van der Waals surface area contributed by atoms with Crippen molar-refractivity contribution in [2.45, 2.75) is 13.0 Å². The molecule has 1 aromatic carbocycles. The average Bonchev–Trinajstić information content (AvgIpc) is 2.74. The number of hydrogen-bond acceptors (Lipinski definition) is 3. The zero-order valence-corrected chi connectivity index (χ0v) is 11.6. The highest BCUT2D eigenvalue weighted by atomic mass is 35.5. The van der Waals surface area contributed by atoms with Crippen LogP contribution in [0.5, 0.6) is 0 Å². The van der Waals surface area contributed by atoms with Gasteiger partial charge in [0, 0.05) is 24.0 Å². The summed E-state index contributed by atoms with van der Waals surface area (Å²) in [6, 6.07) is 7.86. The van der Waals surface area contributed by atoms with Gasteiger partial charge in [0.05, 0.1) is 13.2 Å². The van der Waals surface area contributed by atoms with Crippen molar-refractivity contribution in [1.29, 1.82) is 0 Å². The van der Waals surface area contributed by atoms with E-state index in [0.29, 0.717) is 18.4 Å². The Bertz CT molecular complexity index is 536. The number of hydrogen-bond donors (Lipinski definition) is 1. The fraction of sp³-hybridized carbons (Fsp3) is 0.333. The molecular weight excluding hydrogens is 262 g/mol. The molecule has 19 heavy (non-hydrogen) atoms. The van der Waals surface area contributed by atoms with Gasteiger partial charge in [-0.25, -0.2) is 0 Å². The smallest absolute Gasteiger partial charge is 0.199 e. The first-order chi connectivity index (χ1) is 9.33. The lowest BCUT2D eigenvalue weighted by Crippen LogP contribution is -2.19. The van der Waals surface area contributed by atoms with Crippen LogP contribution in [0.25, 0.3) is 11.0 Å². The summed E-state index contributed by atoms with van der Waals surface area (Å²) in [7, 11) is 0. The Morgan fingerprint density at radius 3 is 3.00 bits per heavy atom. The summed E-state index contributed by atoms with van der Waals surface area (Å²) in [4.78, 5) is 0. The molecular formula is C15H18ClNO2. The van der Waals surface area contributed by atoms with Gasteiger partial charge >= 0.3 is 0 Å². The van der Waals surface area contributed by atoms with Crippen molar-refractivity contribution in [3.8, 4) is 0 Å². The predicted molar refractivity (Wildman–Crippen MR) is 78.6 cm³/mol. The Morgan fingerprint density at radius 1 is 1.32 bits per heavy atom. The number of fused-ring (bicyclic) bond motifs is 1. The van der Waals surface area contributed by atoms with E-state index in [1.165, 1.54) is 0 Å². The first-order valence-electron chi connectivity index (χ1n) is 6.38. The van der Waals surface area contributed by atoms with Gasteiger partial charge in [0.2, 0.25) is 0 Å². The minimum Gasteiger partial charge on any atom is -0.444 e. The Hall–Kier alpha value is -1.29. The van der Waals surface area contributed by atoms with Crippen LogP contribution in [0.2, 0.25) is 5.22 Å². The largest absolute Gasteiger partial charge is 0.444 e. The van der Waals surface area contributed by atoms with Crippen LogP contribution in [0.4, 0.5) is 0 Å². The van der Waals surface area contributed by atoms with E-state index in [4.69, 9.17) is 20.8 Å². The van der Waals surface area contributed by atoms with E-state index in [1.807, 2.05) is 30.3 Å². The van der Waals surface area contributed by atoms with Crippen LogP contribution in [0, 0.1) is 0 Å². The Kier molecular flexibility index (Phi) is 5.45. The van der Waals surface area contributed by atoms with Crippen molar-refractivity contribution >= 4 is 22.6 Å². The van der Waals surface area contributed by atoms with Gasteiger partial charge in [0.1, 0.15) is 5.58 Å². The van der Waals surface area contributed by atoms with E-state index in [-0.39, 0.29) is 0 Å². The molecule has 1 N–H and O–H groups in total. The van der Waals surface area contributed by atoms with Crippen LogP contribution >= 0.6 is 11.6 Å². The topological polar surface area (TPSA) is 34.4 Å². The van der Waals surface area contributed by atoms with Crippen molar-refractivity contribution in [3.63, 3.8) is 0 Å². The van der Waals surface area contributed by atoms with Gasteiger partial charge in [0.25, 0.3) is 0 Å². The average molecular weight is 280 g/mol. The van der Waals surface area contributed by atoms with Gasteiger partial charge in [-0.2, -0.15) is 0 Å². The molecule has 0 fully saturated rings. The molecule has 4 heteroatoms. The van der Waals surface area contributed by atoms with Gasteiger partial charge in [0.15, 0.2) is 5.22 Å². The Balaban J connectivity index is 1.81. The summed E-state index contributed by atoms with van der Waals surface area (Å²) in [5, 5.41) is 4.82. The van der Waals surface area contributed by atoms with E-state index >= 15 is 0 Å². The molecule has 1 aromatic heterocycles. The Morgan fingerprint density at radius 2 is 2.16 bits per heavy atom. The molecule has 0 amide bonds. The van der Waals surface area contributed by atoms with E-state index in [0.717, 1.165) is 36.1 Å². The molecule has 102 valence electrons. The van der Waals surface area contributed by atoms with E-state index in [9.17, 15) is 0 Å². The summed E-state index contributed by atoms with van der Waals surface area (Å²) < 4.78 is 10.9. The molecule has 2 rings (SSSR count). The molecule has 1 heterocycles. The molecule has 0 radical (unpaired) electrons. The molecule has 0 saturated carbocycles. The fourth-order valence-corrected chi connectivity index (χ4v) is 2.11. The highest BCUT2D eigenvalue weighted by molar-refractivity contribution is 6.30. The molecule has 2 aromatic rings. The maximum absolute atomic E-state index is 6.10. The summed E-state index contributed by atoms with van der Waals surface area (Å²) in [5.41, 5.74) is 1.83. The SMILES string of the molecule is C=CCCOCCNCc1c(Cl)oc2ccccc12. The second-order valence-electron chi connectivity index (χ2n) is 4.22. The molecule has 0 unspecified atom stereocenters. The number of nitrogens with one attached hydrogen (secondary N) is 1. The van der Waals surface area contributed by atoms with E-state index in [1.54, 1.807) is 0 Å². The van der Waals surface area contributed by atoms with Gasteiger partial charge in [-0.15, -0.1) is 6.58 Å². The minimum absolute atomic E-state index is 0.460. The quantitative estimate of drug-likeness (QED) is 0.590. The van der Waals surface area contributed by atoms with Gasteiger partial charge in [-0.3, -0.25) is 0 Å². The maximum atomic E-state index is 6.10. The molecule has 3 nitrogen and oxygen atoms in total. The molecule has 0 atom stereocenters. The standard InChI is InChI=1S/C15H18ClNO2/c1-2-3-9-18-10-8-17-11-13-12-6-4-5-7-14(12)19-15(13)16/h2,4-7,17H,1,3,8-11H2. The number of halogens is 1. The van der Waals surface area contributed by atoms with Crippen LogP contribution in [0.1, 0.15) is 12.0 Å². The normalized spacial score (nSPS) is 11.0. The lowest BCUT2D eigenvalue weighted by atomic mass is 10.2. The number of para-hydroxylation sites is 1. The van der Waals surface area contributed by atoms with Crippen LogP contribution < -0.4 is 5.32 Å². The lowest BCUT2D eigenvalue weighted by molar-refractivity contribution is 0.140. The summed E-state index contributed by atoms with van der Waals surface area (Å²) in [6.07, 6.45) is 2.74. The number of rotatable bonds is 8. The predicted octanol–water partition coefficient (Wildman–Crippen LogP) is 3.77. The minimum atomic E-state index is 0.460. The zero-order valence-electron chi connectivity index (χ0n) is 10.8. The van der Waals surface area contributed by atoms with Gasteiger partial charge < -0.3 is 14.5 Å². The highest BCUT2D eigenvalue weighted by Gasteiger charge is 2.10. The van der Waals surface area contributed by atoms with Crippen LogP contribution in [0.15, 0.2) is 41.3 Å². The second kappa shape index (κ2) is 7.34. The van der Waals surface area contributed by atoms with E-state index in [2.05, 4.69) is 11.9 Å². The number of furan rings is 1. The molecule has 0 aliphatic heterocycles. The monoisotopic (exact) mass is 279 g/mol. The van der Waals surface area contributed by atoms with Crippen molar-refractivity contribution in [3.05, 3.63) is 47.7 Å². The van der Waals surface area contributed by atoms with Crippen molar-refractivity contribution in [2.75, 3.05) is 19.8 Å². The van der Waals surface area contributed by atoms with Crippen LogP contribution in [-0.4, -0.2) is 19.8 Å². The first-order valence-corrected chi connectivity index (χ1v) is 6.76. The van der Waals surface area contributed by atoms with E-state index < -0.39 is 0 Å². The summed E-state index contributed by atoms with van der Waals surface area (Å²) >= 11 is 6.10. The Labute approximate surface area is 118 Å².